The number of hydrogen-bond acceptors (Lipinski definition) is 4. The summed E-state index contributed by atoms with van der Waals surface area (Å²) in [4.78, 5) is 16.9. The third-order valence-electron chi connectivity index (χ3n) is 5.07. The van der Waals surface area contributed by atoms with Crippen LogP contribution in [-0.2, 0) is 4.79 Å². The van der Waals surface area contributed by atoms with E-state index < -0.39 is 0 Å². The van der Waals surface area contributed by atoms with Gasteiger partial charge in [0, 0.05) is 24.3 Å². The first-order valence-corrected chi connectivity index (χ1v) is 10.0. The van der Waals surface area contributed by atoms with Gasteiger partial charge in [-0.1, -0.05) is 53.6 Å². The number of aromatic nitrogens is 1. The van der Waals surface area contributed by atoms with Crippen molar-refractivity contribution < 1.29 is 9.53 Å². The van der Waals surface area contributed by atoms with Crippen LogP contribution in [0.5, 0.6) is 5.75 Å². The van der Waals surface area contributed by atoms with E-state index in [4.69, 9.17) is 16.3 Å². The Morgan fingerprint density at radius 2 is 2.00 bits per heavy atom. The van der Waals surface area contributed by atoms with Gasteiger partial charge in [-0.3, -0.25) is 4.79 Å². The van der Waals surface area contributed by atoms with Crippen molar-refractivity contribution in [2.24, 2.45) is 5.10 Å². The van der Waals surface area contributed by atoms with E-state index in [2.05, 4.69) is 10.1 Å². The minimum Gasteiger partial charge on any atom is -0.492 e. The SMILES string of the molecule is CCOc1cccc2cc(C3CC(c4ccc(C)cc4)=NN3C(C)=O)c(Cl)nc12. The lowest BCUT2D eigenvalue weighted by Crippen LogP contribution is -2.24. The molecule has 4 rings (SSSR count). The molecule has 0 N–H and O–H groups in total. The third-order valence-corrected chi connectivity index (χ3v) is 5.37. The number of aryl methyl sites for hydroxylation is 1. The molecule has 0 saturated carbocycles. The van der Waals surface area contributed by atoms with Gasteiger partial charge in [-0.15, -0.1) is 0 Å². The summed E-state index contributed by atoms with van der Waals surface area (Å²) < 4.78 is 5.68. The zero-order chi connectivity index (χ0) is 20.5. The van der Waals surface area contributed by atoms with E-state index >= 15 is 0 Å². The van der Waals surface area contributed by atoms with Crippen LogP contribution in [0.25, 0.3) is 10.9 Å². The van der Waals surface area contributed by atoms with Crippen LogP contribution in [0.2, 0.25) is 5.15 Å². The number of fused-ring (bicyclic) bond motifs is 1. The molecule has 1 amide bonds. The minimum absolute atomic E-state index is 0.128. The number of hydrogen-bond donors (Lipinski definition) is 0. The van der Waals surface area contributed by atoms with Crippen LogP contribution in [0.15, 0.2) is 53.6 Å². The summed E-state index contributed by atoms with van der Waals surface area (Å²) in [7, 11) is 0. The van der Waals surface area contributed by atoms with E-state index in [-0.39, 0.29) is 11.9 Å². The van der Waals surface area contributed by atoms with E-state index in [0.717, 1.165) is 27.7 Å². The van der Waals surface area contributed by atoms with Crippen LogP contribution < -0.4 is 4.74 Å². The second-order valence-corrected chi connectivity index (χ2v) is 7.48. The van der Waals surface area contributed by atoms with Gasteiger partial charge < -0.3 is 4.74 Å². The molecule has 0 radical (unpaired) electrons. The summed E-state index contributed by atoms with van der Waals surface area (Å²) in [5.74, 6) is 0.571. The summed E-state index contributed by atoms with van der Waals surface area (Å²) >= 11 is 6.58. The molecule has 2 aromatic carbocycles. The fourth-order valence-electron chi connectivity index (χ4n) is 3.63. The van der Waals surface area contributed by atoms with Crippen molar-refractivity contribution in [3.63, 3.8) is 0 Å². The van der Waals surface area contributed by atoms with E-state index in [9.17, 15) is 4.79 Å². The number of carbonyl (C=O) groups is 1. The number of hydrazone groups is 1. The Morgan fingerprint density at radius 3 is 2.69 bits per heavy atom. The Hall–Kier alpha value is -2.92. The first-order chi connectivity index (χ1) is 14.0. The predicted octanol–water partition coefficient (Wildman–Crippen LogP) is 5.29. The molecule has 0 spiro atoms. The monoisotopic (exact) mass is 407 g/mol. The second-order valence-electron chi connectivity index (χ2n) is 7.13. The molecule has 0 aliphatic carbocycles. The molecule has 1 aromatic heterocycles. The van der Waals surface area contributed by atoms with Crippen LogP contribution in [0, 0.1) is 6.92 Å². The van der Waals surface area contributed by atoms with Crippen LogP contribution in [0.1, 0.15) is 43.0 Å². The number of rotatable bonds is 4. The average molecular weight is 408 g/mol. The Labute approximate surface area is 175 Å². The number of ether oxygens (including phenoxy) is 1. The molecule has 5 nitrogen and oxygen atoms in total. The highest BCUT2D eigenvalue weighted by atomic mass is 35.5. The zero-order valence-electron chi connectivity index (χ0n) is 16.6. The molecule has 3 aromatic rings. The average Bonchev–Trinajstić information content (AvgIpc) is 3.14. The number of nitrogens with zero attached hydrogens (tertiary/aromatic N) is 3. The fraction of sp³-hybridized carbons (Fsp3) is 0.261. The molecule has 1 aliphatic heterocycles. The Bertz CT molecular complexity index is 1110. The van der Waals surface area contributed by atoms with Gasteiger partial charge in [0.15, 0.2) is 0 Å². The van der Waals surface area contributed by atoms with E-state index in [1.807, 2.05) is 62.4 Å². The van der Waals surface area contributed by atoms with Crippen LogP contribution in [-0.4, -0.2) is 28.2 Å². The van der Waals surface area contributed by atoms with Gasteiger partial charge in [0.25, 0.3) is 0 Å². The van der Waals surface area contributed by atoms with Crippen molar-refractivity contribution in [3.05, 3.63) is 70.4 Å². The molecule has 6 heteroatoms. The second kappa shape index (κ2) is 7.84. The molecular weight excluding hydrogens is 386 g/mol. The fourth-order valence-corrected chi connectivity index (χ4v) is 3.90. The minimum atomic E-state index is -0.288. The first kappa shape index (κ1) is 19.4. The maximum Gasteiger partial charge on any atom is 0.240 e. The molecule has 0 bridgehead atoms. The number of carbonyl (C=O) groups excluding carboxylic acids is 1. The molecule has 148 valence electrons. The molecule has 29 heavy (non-hydrogen) atoms. The zero-order valence-corrected chi connectivity index (χ0v) is 17.4. The van der Waals surface area contributed by atoms with Crippen molar-refractivity contribution >= 4 is 34.1 Å². The molecular formula is C23H22ClN3O2. The smallest absolute Gasteiger partial charge is 0.240 e. The third kappa shape index (κ3) is 3.70. The Morgan fingerprint density at radius 1 is 1.24 bits per heavy atom. The van der Waals surface area contributed by atoms with Crippen molar-refractivity contribution in [1.29, 1.82) is 0 Å². The number of pyridine rings is 1. The lowest BCUT2D eigenvalue weighted by atomic mass is 9.98. The largest absolute Gasteiger partial charge is 0.492 e. The topological polar surface area (TPSA) is 54.8 Å². The van der Waals surface area contributed by atoms with Gasteiger partial charge >= 0.3 is 0 Å². The highest BCUT2D eigenvalue weighted by Gasteiger charge is 2.33. The Balaban J connectivity index is 1.75. The van der Waals surface area contributed by atoms with Gasteiger partial charge in [-0.25, -0.2) is 9.99 Å². The van der Waals surface area contributed by atoms with E-state index in [1.165, 1.54) is 17.5 Å². The van der Waals surface area contributed by atoms with Gasteiger partial charge in [0.1, 0.15) is 16.4 Å². The van der Waals surface area contributed by atoms with E-state index in [1.54, 1.807) is 0 Å². The summed E-state index contributed by atoms with van der Waals surface area (Å²) in [5, 5.41) is 7.39. The lowest BCUT2D eigenvalue weighted by molar-refractivity contribution is -0.130. The quantitative estimate of drug-likeness (QED) is 0.552. The van der Waals surface area contributed by atoms with Crippen LogP contribution in [0.3, 0.4) is 0 Å². The van der Waals surface area contributed by atoms with Crippen molar-refractivity contribution in [3.8, 4) is 5.75 Å². The highest BCUT2D eigenvalue weighted by molar-refractivity contribution is 6.30. The summed E-state index contributed by atoms with van der Waals surface area (Å²) in [5.41, 5.74) is 4.56. The van der Waals surface area contributed by atoms with Gasteiger partial charge in [0.2, 0.25) is 5.91 Å². The van der Waals surface area contributed by atoms with Gasteiger partial charge in [-0.2, -0.15) is 5.10 Å². The van der Waals surface area contributed by atoms with Crippen molar-refractivity contribution in [1.82, 2.24) is 9.99 Å². The maximum atomic E-state index is 12.3. The number of para-hydroxylation sites is 1. The normalized spacial score (nSPS) is 16.2. The Kier molecular flexibility index (Phi) is 5.24. The molecule has 1 aliphatic rings. The standard InChI is InChI=1S/C23H22ClN3O2/c1-4-29-21-7-5-6-17-12-18(23(24)25-22(17)21)20-13-19(26-27(20)15(3)28)16-10-8-14(2)9-11-16/h5-12,20H,4,13H2,1-3H3. The summed E-state index contributed by atoms with van der Waals surface area (Å²) in [6, 6.07) is 15.6. The highest BCUT2D eigenvalue weighted by Crippen LogP contribution is 2.38. The van der Waals surface area contributed by atoms with Crippen LogP contribution >= 0.6 is 11.6 Å². The molecule has 1 unspecified atom stereocenters. The first-order valence-electron chi connectivity index (χ1n) is 9.64. The lowest BCUT2D eigenvalue weighted by Gasteiger charge is -2.21. The van der Waals surface area contributed by atoms with Gasteiger partial charge in [0.05, 0.1) is 18.4 Å². The van der Waals surface area contributed by atoms with Crippen molar-refractivity contribution in [2.75, 3.05) is 6.61 Å². The number of halogens is 1. The maximum absolute atomic E-state index is 12.3. The summed E-state index contributed by atoms with van der Waals surface area (Å²) in [6.45, 7) is 6.04. The molecule has 0 saturated heterocycles. The van der Waals surface area contributed by atoms with Crippen LogP contribution in [0.4, 0.5) is 0 Å². The predicted molar refractivity (Wildman–Crippen MR) is 116 cm³/mol. The number of amides is 1. The van der Waals surface area contributed by atoms with Crippen molar-refractivity contribution in [2.45, 2.75) is 33.2 Å². The number of benzene rings is 2. The molecule has 2 heterocycles. The molecule has 1 atom stereocenters. The van der Waals surface area contributed by atoms with E-state index in [0.29, 0.717) is 23.9 Å². The molecule has 0 fully saturated rings. The summed E-state index contributed by atoms with van der Waals surface area (Å²) in [6.07, 6.45) is 0.584. The van der Waals surface area contributed by atoms with Gasteiger partial charge in [-0.05, 0) is 31.5 Å².